The summed E-state index contributed by atoms with van der Waals surface area (Å²) >= 11 is 0. The van der Waals surface area contributed by atoms with Crippen LogP contribution >= 0.6 is 0 Å². The first-order valence-corrected chi connectivity index (χ1v) is 11.9. The Bertz CT molecular complexity index is 1540. The number of nitrogens with one attached hydrogen (secondary N) is 1. The van der Waals surface area contributed by atoms with Crippen molar-refractivity contribution in [2.75, 3.05) is 5.73 Å². The van der Waals surface area contributed by atoms with E-state index in [1.807, 2.05) is 24.3 Å². The van der Waals surface area contributed by atoms with Gasteiger partial charge in [0.15, 0.2) is 5.65 Å². The van der Waals surface area contributed by atoms with Gasteiger partial charge in [0.05, 0.1) is 11.9 Å². The zero-order valence-corrected chi connectivity index (χ0v) is 20.1. The van der Waals surface area contributed by atoms with Crippen LogP contribution in [0, 0.1) is 23.1 Å². The molecule has 1 saturated carbocycles. The number of nitrogen functional groups attached to an aromatic ring is 1. The number of carbonyl (C=O) groups excluding carboxylic acids is 1. The van der Waals surface area contributed by atoms with Crippen molar-refractivity contribution in [1.82, 2.24) is 25.1 Å². The van der Waals surface area contributed by atoms with E-state index in [2.05, 4.69) is 20.4 Å². The van der Waals surface area contributed by atoms with Gasteiger partial charge in [-0.3, -0.25) is 4.79 Å². The smallest absolute Gasteiger partial charge is 0.261 e. The van der Waals surface area contributed by atoms with Gasteiger partial charge in [-0.2, -0.15) is 10.4 Å². The molecule has 2 heterocycles. The fourth-order valence-electron chi connectivity index (χ4n) is 3.99. The molecule has 37 heavy (non-hydrogen) atoms. The number of anilines is 1. The molecule has 9 nitrogen and oxygen atoms in total. The van der Waals surface area contributed by atoms with Gasteiger partial charge in [0, 0.05) is 17.7 Å². The molecule has 0 radical (unpaired) electrons. The maximum Gasteiger partial charge on any atom is 0.261 e. The second-order valence-electron chi connectivity index (χ2n) is 8.95. The van der Waals surface area contributed by atoms with Crippen LogP contribution in [0.3, 0.4) is 0 Å². The average molecular weight is 498 g/mol. The van der Waals surface area contributed by atoms with Gasteiger partial charge in [-0.25, -0.2) is 19.0 Å². The van der Waals surface area contributed by atoms with E-state index in [0.717, 1.165) is 12.8 Å². The number of benzene rings is 2. The highest BCUT2D eigenvalue weighted by Gasteiger charge is 2.24. The van der Waals surface area contributed by atoms with Gasteiger partial charge in [-0.1, -0.05) is 24.3 Å². The van der Waals surface area contributed by atoms with E-state index in [9.17, 15) is 10.1 Å². The summed E-state index contributed by atoms with van der Waals surface area (Å²) in [5.41, 5.74) is 7.14. The quantitative estimate of drug-likeness (QED) is 0.273. The van der Waals surface area contributed by atoms with Crippen LogP contribution in [0.5, 0.6) is 11.5 Å². The predicted octanol–water partition coefficient (Wildman–Crippen LogP) is 4.37. The van der Waals surface area contributed by atoms with E-state index >= 15 is 4.39 Å². The second-order valence-corrected chi connectivity index (χ2v) is 8.95. The number of carbonyl (C=O) groups is 1. The summed E-state index contributed by atoms with van der Waals surface area (Å²) < 4.78 is 22.6. The molecule has 0 spiro atoms. The number of nitriles is 1. The number of allylic oxidation sites excluding steroid dienone is 1. The van der Waals surface area contributed by atoms with E-state index < -0.39 is 17.8 Å². The average Bonchev–Trinajstić information content (AvgIpc) is 3.63. The van der Waals surface area contributed by atoms with Crippen molar-refractivity contribution in [3.8, 4) is 28.8 Å². The zero-order chi connectivity index (χ0) is 25.9. The molecule has 1 atom stereocenters. The van der Waals surface area contributed by atoms with E-state index in [-0.39, 0.29) is 29.2 Å². The SMILES string of the molecule is C[C@@H](Cn1nc(-c2ccc(Oc3ccccc3)cc2F)c2c(N)ncnc21)NC(=O)/C(C#N)=C\C1CC1. The van der Waals surface area contributed by atoms with Crippen molar-refractivity contribution in [3.05, 3.63) is 72.3 Å². The first-order chi connectivity index (χ1) is 17.9. The molecule has 3 N–H and O–H groups in total. The van der Waals surface area contributed by atoms with Crippen LogP contribution in [0.4, 0.5) is 10.2 Å². The molecule has 0 aliphatic heterocycles. The first-order valence-electron chi connectivity index (χ1n) is 11.9. The Kier molecular flexibility index (Phi) is 6.51. The summed E-state index contributed by atoms with van der Waals surface area (Å²) in [6.45, 7) is 2.01. The lowest BCUT2D eigenvalue weighted by atomic mass is 10.1. The van der Waals surface area contributed by atoms with E-state index in [1.54, 1.807) is 41.9 Å². The number of nitrogens with two attached hydrogens (primary N) is 1. The van der Waals surface area contributed by atoms with Gasteiger partial charge in [0.25, 0.3) is 5.91 Å². The van der Waals surface area contributed by atoms with Crippen LogP contribution in [0.25, 0.3) is 22.3 Å². The van der Waals surface area contributed by atoms with Crippen LogP contribution in [0.15, 0.2) is 66.5 Å². The van der Waals surface area contributed by atoms with Crippen molar-refractivity contribution >= 4 is 22.8 Å². The summed E-state index contributed by atoms with van der Waals surface area (Å²) in [4.78, 5) is 20.9. The molecule has 1 aliphatic rings. The topological polar surface area (TPSA) is 132 Å². The monoisotopic (exact) mass is 497 g/mol. The van der Waals surface area contributed by atoms with E-state index in [4.69, 9.17) is 10.5 Å². The van der Waals surface area contributed by atoms with Crippen LogP contribution in [0.1, 0.15) is 19.8 Å². The summed E-state index contributed by atoms with van der Waals surface area (Å²) in [6.07, 6.45) is 5.01. The second kappa shape index (κ2) is 10.1. The number of aromatic nitrogens is 4. The Morgan fingerprint density at radius 3 is 2.76 bits per heavy atom. The molecular formula is C27H24FN7O2. The van der Waals surface area contributed by atoms with Crippen molar-refractivity contribution in [3.63, 3.8) is 0 Å². The van der Waals surface area contributed by atoms with Gasteiger partial charge in [0.1, 0.15) is 46.8 Å². The van der Waals surface area contributed by atoms with E-state index in [0.29, 0.717) is 28.5 Å². The van der Waals surface area contributed by atoms with Crippen LogP contribution in [0.2, 0.25) is 0 Å². The van der Waals surface area contributed by atoms with Gasteiger partial charge < -0.3 is 15.8 Å². The van der Waals surface area contributed by atoms with Crippen molar-refractivity contribution < 1.29 is 13.9 Å². The number of nitrogens with zero attached hydrogens (tertiary/aromatic N) is 5. The van der Waals surface area contributed by atoms with Gasteiger partial charge in [-0.05, 0) is 49.9 Å². The van der Waals surface area contributed by atoms with Gasteiger partial charge >= 0.3 is 0 Å². The Hall–Kier alpha value is -4.78. The third-order valence-electron chi connectivity index (χ3n) is 5.95. The standard InChI is InChI=1S/C27H24FN7O2/c1-16(33-27(36)18(13-29)11-17-7-8-17)14-35-26-23(25(30)31-15-32-26)24(34-35)21-10-9-20(12-22(21)28)37-19-5-3-2-4-6-19/h2-6,9-12,15-17H,7-8,14H2,1H3,(H,33,36)(H2,30,31,32)/b18-11-/t16-/m0/s1. The Balaban J connectivity index is 1.42. The Labute approximate surface area is 212 Å². The van der Waals surface area contributed by atoms with Crippen LogP contribution in [-0.4, -0.2) is 31.7 Å². The summed E-state index contributed by atoms with van der Waals surface area (Å²) in [5.74, 6) is 0.397. The molecule has 186 valence electrons. The molecule has 1 amide bonds. The molecule has 5 rings (SSSR count). The summed E-state index contributed by atoms with van der Waals surface area (Å²) in [7, 11) is 0. The highest BCUT2D eigenvalue weighted by atomic mass is 19.1. The largest absolute Gasteiger partial charge is 0.457 e. The minimum atomic E-state index is -0.548. The third-order valence-corrected chi connectivity index (χ3v) is 5.95. The maximum absolute atomic E-state index is 15.3. The maximum atomic E-state index is 15.3. The van der Waals surface area contributed by atoms with Crippen LogP contribution in [-0.2, 0) is 11.3 Å². The predicted molar refractivity (Wildman–Crippen MR) is 136 cm³/mol. The van der Waals surface area contributed by atoms with E-state index in [1.165, 1.54) is 12.4 Å². The van der Waals surface area contributed by atoms with Crippen molar-refractivity contribution in [1.29, 1.82) is 5.26 Å². The third kappa shape index (κ3) is 5.26. The number of fused-ring (bicyclic) bond motifs is 1. The molecule has 1 aliphatic carbocycles. The number of hydrogen-bond donors (Lipinski definition) is 2. The lowest BCUT2D eigenvalue weighted by Crippen LogP contribution is -2.36. The highest BCUT2D eigenvalue weighted by molar-refractivity contribution is 5.99. The number of amides is 1. The fourth-order valence-corrected chi connectivity index (χ4v) is 3.99. The molecule has 2 aromatic carbocycles. The van der Waals surface area contributed by atoms with Crippen LogP contribution < -0.4 is 15.8 Å². The minimum absolute atomic E-state index is 0.104. The normalized spacial score (nSPS) is 14.2. The first kappa shape index (κ1) is 23.9. The lowest BCUT2D eigenvalue weighted by molar-refractivity contribution is -0.117. The molecule has 0 unspecified atom stereocenters. The number of hydrogen-bond acceptors (Lipinski definition) is 7. The zero-order valence-electron chi connectivity index (χ0n) is 20.1. The Morgan fingerprint density at radius 2 is 2.05 bits per heavy atom. The molecule has 2 aromatic heterocycles. The minimum Gasteiger partial charge on any atom is -0.457 e. The highest BCUT2D eigenvalue weighted by Crippen LogP contribution is 2.34. The molecule has 0 bridgehead atoms. The number of rotatable bonds is 8. The molecular weight excluding hydrogens is 473 g/mol. The van der Waals surface area contributed by atoms with Crippen molar-refractivity contribution in [2.24, 2.45) is 5.92 Å². The fraction of sp³-hybridized carbons (Fsp3) is 0.222. The molecule has 4 aromatic rings. The molecule has 10 heteroatoms. The molecule has 0 saturated heterocycles. The van der Waals surface area contributed by atoms with Crippen molar-refractivity contribution in [2.45, 2.75) is 32.4 Å². The summed E-state index contributed by atoms with van der Waals surface area (Å²) in [6, 6.07) is 15.1. The number of para-hydroxylation sites is 1. The number of halogens is 1. The van der Waals surface area contributed by atoms with Gasteiger partial charge in [0.2, 0.25) is 0 Å². The summed E-state index contributed by atoms with van der Waals surface area (Å²) in [5, 5.41) is 17.2. The Morgan fingerprint density at radius 1 is 1.27 bits per heavy atom. The van der Waals surface area contributed by atoms with Gasteiger partial charge in [-0.15, -0.1) is 0 Å². The lowest BCUT2D eigenvalue weighted by Gasteiger charge is -2.14. The number of ether oxygens (including phenoxy) is 1. The molecule has 1 fully saturated rings.